The number of fused-ring (bicyclic) bond motifs is 1. The van der Waals surface area contributed by atoms with Gasteiger partial charge in [0.1, 0.15) is 5.69 Å². The second-order valence-electron chi connectivity index (χ2n) is 8.05. The highest BCUT2D eigenvalue weighted by Crippen LogP contribution is 2.34. The quantitative estimate of drug-likeness (QED) is 0.560. The fourth-order valence-corrected chi connectivity index (χ4v) is 4.13. The van der Waals surface area contributed by atoms with Gasteiger partial charge in [-0.1, -0.05) is 36.4 Å². The Kier molecular flexibility index (Phi) is 5.85. The van der Waals surface area contributed by atoms with Crippen molar-refractivity contribution in [1.29, 1.82) is 0 Å². The number of benzene rings is 2. The molecule has 2 N–H and O–H groups in total. The van der Waals surface area contributed by atoms with Crippen LogP contribution in [-0.4, -0.2) is 23.0 Å². The lowest BCUT2D eigenvalue weighted by atomic mass is 9.90. The molecule has 7 heteroatoms. The number of hydrogen-bond donors (Lipinski definition) is 2. The third-order valence-electron chi connectivity index (χ3n) is 5.82. The van der Waals surface area contributed by atoms with Crippen molar-refractivity contribution in [3.8, 4) is 0 Å². The summed E-state index contributed by atoms with van der Waals surface area (Å²) in [6, 6.07) is 15.5. The molecule has 31 heavy (non-hydrogen) atoms. The van der Waals surface area contributed by atoms with Gasteiger partial charge < -0.3 is 10.6 Å². The van der Waals surface area contributed by atoms with Crippen LogP contribution in [0.25, 0.3) is 10.9 Å². The van der Waals surface area contributed by atoms with E-state index in [0.717, 1.165) is 37.3 Å². The van der Waals surface area contributed by atoms with Crippen LogP contribution >= 0.6 is 0 Å². The number of halogens is 3. The summed E-state index contributed by atoms with van der Waals surface area (Å²) in [5, 5.41) is 7.06. The number of nitrogens with one attached hydrogen (secondary N) is 2. The average molecular weight is 427 g/mol. The van der Waals surface area contributed by atoms with Gasteiger partial charge in [0.2, 0.25) is 0 Å². The fraction of sp³-hybridized carbons (Fsp3) is 0.333. The molecule has 4 rings (SSSR count). The number of aromatic nitrogens is 1. The molecule has 0 aliphatic heterocycles. The first kappa shape index (κ1) is 21.2. The smallest absolute Gasteiger partial charge is 0.382 e. The highest BCUT2D eigenvalue weighted by atomic mass is 19.4. The van der Waals surface area contributed by atoms with Gasteiger partial charge in [0.25, 0.3) is 5.91 Å². The monoisotopic (exact) mass is 427 g/mol. The molecule has 0 unspecified atom stereocenters. The highest BCUT2D eigenvalue weighted by Gasteiger charge is 2.34. The first-order valence-electron chi connectivity index (χ1n) is 10.4. The van der Waals surface area contributed by atoms with Crippen molar-refractivity contribution in [2.24, 2.45) is 0 Å². The number of para-hydroxylation sites is 1. The zero-order chi connectivity index (χ0) is 22.0. The van der Waals surface area contributed by atoms with Gasteiger partial charge >= 0.3 is 6.18 Å². The Morgan fingerprint density at radius 3 is 2.32 bits per heavy atom. The minimum atomic E-state index is -4.50. The van der Waals surface area contributed by atoms with Gasteiger partial charge in [-0.3, -0.25) is 4.79 Å². The van der Waals surface area contributed by atoms with Gasteiger partial charge in [0.05, 0.1) is 5.52 Å². The largest absolute Gasteiger partial charge is 0.433 e. The number of hydrogen-bond acceptors (Lipinski definition) is 3. The number of aryl methyl sites for hydroxylation is 1. The average Bonchev–Trinajstić information content (AvgIpc) is 2.74. The second kappa shape index (κ2) is 8.57. The van der Waals surface area contributed by atoms with Crippen LogP contribution < -0.4 is 10.6 Å². The van der Waals surface area contributed by atoms with Crippen LogP contribution in [0.5, 0.6) is 0 Å². The summed E-state index contributed by atoms with van der Waals surface area (Å²) in [7, 11) is 0. The van der Waals surface area contributed by atoms with Crippen LogP contribution in [-0.2, 0) is 6.18 Å². The van der Waals surface area contributed by atoms with E-state index < -0.39 is 11.9 Å². The summed E-state index contributed by atoms with van der Waals surface area (Å²) in [4.78, 5) is 16.3. The Morgan fingerprint density at radius 2 is 1.61 bits per heavy atom. The number of anilines is 1. The van der Waals surface area contributed by atoms with E-state index in [1.807, 2.05) is 31.2 Å². The maximum absolute atomic E-state index is 13.3. The molecule has 3 aromatic rings. The van der Waals surface area contributed by atoms with Crippen molar-refractivity contribution < 1.29 is 18.0 Å². The molecule has 1 aromatic heterocycles. The summed E-state index contributed by atoms with van der Waals surface area (Å²) in [5.41, 5.74) is 1.48. The van der Waals surface area contributed by atoms with Crippen LogP contribution in [0.2, 0.25) is 0 Å². The number of nitrogens with zero attached hydrogens (tertiary/aromatic N) is 1. The Labute approximate surface area is 178 Å². The molecule has 0 saturated heterocycles. The van der Waals surface area contributed by atoms with Gasteiger partial charge in [-0.15, -0.1) is 0 Å². The molecular formula is C24H24F3N3O. The van der Waals surface area contributed by atoms with E-state index in [1.165, 1.54) is 0 Å². The zero-order valence-electron chi connectivity index (χ0n) is 17.2. The molecule has 1 aliphatic rings. The maximum atomic E-state index is 13.3. The molecule has 1 heterocycles. The van der Waals surface area contributed by atoms with Crippen molar-refractivity contribution in [2.45, 2.75) is 50.9 Å². The van der Waals surface area contributed by atoms with Crippen molar-refractivity contribution in [2.75, 3.05) is 5.32 Å². The SMILES string of the molecule is Cc1ccccc1C(=O)NC1CCC(Nc2cc(C(F)(F)F)nc3ccccc23)CC1. The standard InChI is InChI=1S/C24H24F3N3O/c1-15-6-2-3-7-18(15)23(31)29-17-12-10-16(11-13-17)28-21-14-22(24(25,26)27)30-20-9-5-4-8-19(20)21/h2-9,14,16-17H,10-13H2,1H3,(H,28,30)(H,29,31). The second-order valence-corrected chi connectivity index (χ2v) is 8.05. The van der Waals surface area contributed by atoms with E-state index in [1.54, 1.807) is 24.3 Å². The summed E-state index contributed by atoms with van der Waals surface area (Å²) in [6.45, 7) is 1.91. The molecule has 0 spiro atoms. The lowest BCUT2D eigenvalue weighted by molar-refractivity contribution is -0.140. The van der Waals surface area contributed by atoms with Gasteiger partial charge in [0, 0.05) is 28.7 Å². The van der Waals surface area contributed by atoms with E-state index in [4.69, 9.17) is 0 Å². The first-order valence-corrected chi connectivity index (χ1v) is 10.4. The van der Waals surface area contributed by atoms with Gasteiger partial charge in [-0.25, -0.2) is 4.98 Å². The van der Waals surface area contributed by atoms with Crippen LogP contribution in [0.4, 0.5) is 18.9 Å². The molecular weight excluding hydrogens is 403 g/mol. The Hall–Kier alpha value is -3.09. The Balaban J connectivity index is 1.43. The number of carbonyl (C=O) groups is 1. The van der Waals surface area contributed by atoms with E-state index in [9.17, 15) is 18.0 Å². The zero-order valence-corrected chi connectivity index (χ0v) is 17.2. The Morgan fingerprint density at radius 1 is 0.968 bits per heavy atom. The number of alkyl halides is 3. The van der Waals surface area contributed by atoms with Crippen LogP contribution in [0.3, 0.4) is 0 Å². The van der Waals surface area contributed by atoms with Crippen LogP contribution in [0.15, 0.2) is 54.6 Å². The van der Waals surface area contributed by atoms with Gasteiger partial charge in [-0.05, 0) is 56.4 Å². The summed E-state index contributed by atoms with van der Waals surface area (Å²) in [5.74, 6) is -0.0792. The van der Waals surface area contributed by atoms with E-state index in [0.29, 0.717) is 22.2 Å². The molecule has 2 aromatic carbocycles. The van der Waals surface area contributed by atoms with Gasteiger partial charge in [0.15, 0.2) is 0 Å². The number of rotatable bonds is 4. The van der Waals surface area contributed by atoms with Crippen molar-refractivity contribution in [3.05, 3.63) is 71.4 Å². The van der Waals surface area contributed by atoms with Crippen molar-refractivity contribution in [1.82, 2.24) is 10.3 Å². The minimum Gasteiger partial charge on any atom is -0.382 e. The van der Waals surface area contributed by atoms with E-state index >= 15 is 0 Å². The third kappa shape index (κ3) is 4.81. The first-order chi connectivity index (χ1) is 14.8. The van der Waals surface area contributed by atoms with Crippen molar-refractivity contribution in [3.63, 3.8) is 0 Å². The highest BCUT2D eigenvalue weighted by molar-refractivity contribution is 5.95. The van der Waals surface area contributed by atoms with Crippen LogP contribution in [0, 0.1) is 6.92 Å². The molecule has 0 bridgehead atoms. The Bertz CT molecular complexity index is 1090. The molecule has 1 fully saturated rings. The molecule has 1 amide bonds. The van der Waals surface area contributed by atoms with Gasteiger partial charge in [-0.2, -0.15) is 13.2 Å². The summed E-state index contributed by atoms with van der Waals surface area (Å²) >= 11 is 0. The molecule has 4 nitrogen and oxygen atoms in total. The molecule has 162 valence electrons. The molecule has 0 atom stereocenters. The maximum Gasteiger partial charge on any atom is 0.433 e. The van der Waals surface area contributed by atoms with E-state index in [2.05, 4.69) is 15.6 Å². The lowest BCUT2D eigenvalue weighted by Gasteiger charge is -2.31. The number of amides is 1. The fourth-order valence-electron chi connectivity index (χ4n) is 4.13. The lowest BCUT2D eigenvalue weighted by Crippen LogP contribution is -2.40. The number of carbonyl (C=O) groups excluding carboxylic acids is 1. The predicted molar refractivity (Wildman–Crippen MR) is 115 cm³/mol. The minimum absolute atomic E-state index is 0.0403. The topological polar surface area (TPSA) is 54.0 Å². The number of pyridine rings is 1. The molecule has 0 radical (unpaired) electrons. The molecule has 1 aliphatic carbocycles. The summed E-state index contributed by atoms with van der Waals surface area (Å²) in [6.07, 6.45) is -1.44. The third-order valence-corrected chi connectivity index (χ3v) is 5.82. The van der Waals surface area contributed by atoms with E-state index in [-0.39, 0.29) is 18.0 Å². The normalized spacial score (nSPS) is 19.2. The molecule has 1 saturated carbocycles. The van der Waals surface area contributed by atoms with Crippen LogP contribution in [0.1, 0.15) is 47.3 Å². The van der Waals surface area contributed by atoms with Crippen molar-refractivity contribution >= 4 is 22.5 Å². The predicted octanol–water partition coefficient (Wildman–Crippen LogP) is 5.72. The summed E-state index contributed by atoms with van der Waals surface area (Å²) < 4.78 is 39.9.